The van der Waals surface area contributed by atoms with Crippen LogP contribution in [-0.4, -0.2) is 16.6 Å². The van der Waals surface area contributed by atoms with E-state index >= 15 is 0 Å². The van der Waals surface area contributed by atoms with Gasteiger partial charge in [-0.3, -0.25) is 9.97 Å². The standard InChI is InChI=1S/C14H17N3O/c15-11-13-10-14(5-8-17-13)18-9-1-2-12-3-6-16-7-4-12/h3-8,10H,1-2,9,11,15H2. The molecule has 0 bridgehead atoms. The van der Waals surface area contributed by atoms with Crippen LogP contribution in [0.25, 0.3) is 0 Å². The zero-order valence-corrected chi connectivity index (χ0v) is 10.2. The van der Waals surface area contributed by atoms with E-state index in [1.807, 2.05) is 36.7 Å². The summed E-state index contributed by atoms with van der Waals surface area (Å²) in [5.74, 6) is 0.833. The summed E-state index contributed by atoms with van der Waals surface area (Å²) in [4.78, 5) is 8.11. The van der Waals surface area contributed by atoms with Crippen LogP contribution in [0, 0.1) is 0 Å². The molecule has 2 rings (SSSR count). The quantitative estimate of drug-likeness (QED) is 0.788. The highest BCUT2D eigenvalue weighted by molar-refractivity contribution is 5.22. The summed E-state index contributed by atoms with van der Waals surface area (Å²) < 4.78 is 5.66. The molecule has 0 radical (unpaired) electrons. The van der Waals surface area contributed by atoms with E-state index in [1.165, 1.54) is 5.56 Å². The van der Waals surface area contributed by atoms with E-state index in [1.54, 1.807) is 6.20 Å². The van der Waals surface area contributed by atoms with Crippen LogP contribution in [0.3, 0.4) is 0 Å². The molecule has 0 amide bonds. The highest BCUT2D eigenvalue weighted by atomic mass is 16.5. The minimum absolute atomic E-state index is 0.439. The summed E-state index contributed by atoms with van der Waals surface area (Å²) in [5.41, 5.74) is 7.66. The third-order valence-electron chi connectivity index (χ3n) is 2.63. The number of hydrogen-bond donors (Lipinski definition) is 1. The second-order valence-corrected chi connectivity index (χ2v) is 3.99. The lowest BCUT2D eigenvalue weighted by Crippen LogP contribution is -2.02. The van der Waals surface area contributed by atoms with Crippen molar-refractivity contribution in [2.75, 3.05) is 6.61 Å². The van der Waals surface area contributed by atoms with Crippen molar-refractivity contribution < 1.29 is 4.74 Å². The molecule has 0 aliphatic heterocycles. The summed E-state index contributed by atoms with van der Waals surface area (Å²) in [7, 11) is 0. The second-order valence-electron chi connectivity index (χ2n) is 3.99. The molecular formula is C14H17N3O. The molecule has 0 aliphatic rings. The van der Waals surface area contributed by atoms with E-state index in [-0.39, 0.29) is 0 Å². The highest BCUT2D eigenvalue weighted by Gasteiger charge is 1.97. The third kappa shape index (κ3) is 3.82. The summed E-state index contributed by atoms with van der Waals surface area (Å²) >= 11 is 0. The first-order valence-electron chi connectivity index (χ1n) is 6.05. The minimum Gasteiger partial charge on any atom is -0.493 e. The fourth-order valence-electron chi connectivity index (χ4n) is 1.67. The van der Waals surface area contributed by atoms with Gasteiger partial charge in [-0.15, -0.1) is 0 Å². The summed E-state index contributed by atoms with van der Waals surface area (Å²) in [6.07, 6.45) is 7.32. The molecule has 0 fully saturated rings. The van der Waals surface area contributed by atoms with E-state index in [9.17, 15) is 0 Å². The van der Waals surface area contributed by atoms with Gasteiger partial charge in [-0.1, -0.05) is 0 Å². The van der Waals surface area contributed by atoms with Crippen molar-refractivity contribution in [3.63, 3.8) is 0 Å². The summed E-state index contributed by atoms with van der Waals surface area (Å²) in [6, 6.07) is 7.79. The number of nitrogens with two attached hydrogens (primary N) is 1. The van der Waals surface area contributed by atoms with Gasteiger partial charge in [0.25, 0.3) is 0 Å². The summed E-state index contributed by atoms with van der Waals surface area (Å²) in [6.45, 7) is 1.13. The molecule has 2 N–H and O–H groups in total. The fourth-order valence-corrected chi connectivity index (χ4v) is 1.67. The van der Waals surface area contributed by atoms with Crippen LogP contribution in [0.1, 0.15) is 17.7 Å². The van der Waals surface area contributed by atoms with E-state index in [2.05, 4.69) is 9.97 Å². The van der Waals surface area contributed by atoms with E-state index in [0.717, 1.165) is 24.3 Å². The van der Waals surface area contributed by atoms with Crippen molar-refractivity contribution in [2.45, 2.75) is 19.4 Å². The van der Waals surface area contributed by atoms with Gasteiger partial charge in [0.2, 0.25) is 0 Å². The van der Waals surface area contributed by atoms with Gasteiger partial charge < -0.3 is 10.5 Å². The number of ether oxygens (including phenoxy) is 1. The van der Waals surface area contributed by atoms with Crippen molar-refractivity contribution in [3.8, 4) is 5.75 Å². The molecule has 2 heterocycles. The molecule has 0 aliphatic carbocycles. The first-order chi connectivity index (χ1) is 8.88. The van der Waals surface area contributed by atoms with Crippen molar-refractivity contribution >= 4 is 0 Å². The molecular weight excluding hydrogens is 226 g/mol. The first-order valence-corrected chi connectivity index (χ1v) is 6.05. The number of aromatic nitrogens is 2. The topological polar surface area (TPSA) is 61.0 Å². The molecule has 4 heteroatoms. The van der Waals surface area contributed by atoms with Crippen LogP contribution < -0.4 is 10.5 Å². The van der Waals surface area contributed by atoms with Crippen molar-refractivity contribution in [3.05, 3.63) is 54.1 Å². The molecule has 2 aromatic rings. The predicted octanol–water partition coefficient (Wildman–Crippen LogP) is 1.95. The lowest BCUT2D eigenvalue weighted by molar-refractivity contribution is 0.310. The van der Waals surface area contributed by atoms with Gasteiger partial charge in [-0.05, 0) is 36.6 Å². The van der Waals surface area contributed by atoms with Crippen LogP contribution in [0.5, 0.6) is 5.75 Å². The predicted molar refractivity (Wildman–Crippen MR) is 70.2 cm³/mol. The Morgan fingerprint density at radius 1 is 1.11 bits per heavy atom. The van der Waals surface area contributed by atoms with Gasteiger partial charge in [0, 0.05) is 31.2 Å². The van der Waals surface area contributed by atoms with Crippen LogP contribution in [0.4, 0.5) is 0 Å². The van der Waals surface area contributed by atoms with Gasteiger partial charge in [0.15, 0.2) is 0 Å². The van der Waals surface area contributed by atoms with E-state index in [4.69, 9.17) is 10.5 Å². The smallest absolute Gasteiger partial charge is 0.122 e. The molecule has 0 spiro atoms. The second kappa shape index (κ2) is 6.71. The maximum atomic E-state index is 5.66. The molecule has 94 valence electrons. The van der Waals surface area contributed by atoms with E-state index < -0.39 is 0 Å². The Bertz CT molecular complexity index is 473. The number of rotatable bonds is 6. The van der Waals surface area contributed by atoms with Gasteiger partial charge in [0.1, 0.15) is 5.75 Å². The Morgan fingerprint density at radius 2 is 1.94 bits per heavy atom. The Hall–Kier alpha value is -1.94. The zero-order chi connectivity index (χ0) is 12.6. The van der Waals surface area contributed by atoms with Gasteiger partial charge in [-0.25, -0.2) is 0 Å². The molecule has 4 nitrogen and oxygen atoms in total. The Balaban J connectivity index is 1.75. The third-order valence-corrected chi connectivity index (χ3v) is 2.63. The van der Waals surface area contributed by atoms with Crippen LogP contribution in [-0.2, 0) is 13.0 Å². The van der Waals surface area contributed by atoms with Crippen LogP contribution >= 0.6 is 0 Å². The largest absolute Gasteiger partial charge is 0.493 e. The maximum absolute atomic E-state index is 5.66. The number of hydrogen-bond acceptors (Lipinski definition) is 4. The zero-order valence-electron chi connectivity index (χ0n) is 10.2. The van der Waals surface area contributed by atoms with Gasteiger partial charge in [-0.2, -0.15) is 0 Å². The molecule has 0 aromatic carbocycles. The number of pyridine rings is 2. The number of aryl methyl sites for hydroxylation is 1. The lowest BCUT2D eigenvalue weighted by Gasteiger charge is -2.07. The minimum atomic E-state index is 0.439. The Morgan fingerprint density at radius 3 is 2.72 bits per heavy atom. The van der Waals surface area contributed by atoms with Crippen molar-refractivity contribution in [1.29, 1.82) is 0 Å². The van der Waals surface area contributed by atoms with E-state index in [0.29, 0.717) is 13.2 Å². The Labute approximate surface area is 107 Å². The van der Waals surface area contributed by atoms with Crippen LogP contribution in [0.2, 0.25) is 0 Å². The Kier molecular flexibility index (Phi) is 4.67. The van der Waals surface area contributed by atoms with Crippen molar-refractivity contribution in [1.82, 2.24) is 9.97 Å². The first kappa shape index (κ1) is 12.5. The molecule has 18 heavy (non-hydrogen) atoms. The number of nitrogens with zero attached hydrogens (tertiary/aromatic N) is 2. The van der Waals surface area contributed by atoms with Crippen molar-refractivity contribution in [2.24, 2.45) is 5.73 Å². The van der Waals surface area contributed by atoms with Crippen LogP contribution in [0.15, 0.2) is 42.9 Å². The highest BCUT2D eigenvalue weighted by Crippen LogP contribution is 2.11. The molecule has 0 unspecified atom stereocenters. The monoisotopic (exact) mass is 243 g/mol. The van der Waals surface area contributed by atoms with Gasteiger partial charge in [0.05, 0.1) is 12.3 Å². The van der Waals surface area contributed by atoms with Gasteiger partial charge >= 0.3 is 0 Å². The molecule has 0 atom stereocenters. The normalized spacial score (nSPS) is 10.3. The lowest BCUT2D eigenvalue weighted by atomic mass is 10.1. The summed E-state index contributed by atoms with van der Waals surface area (Å²) in [5, 5.41) is 0. The average Bonchev–Trinajstić information content (AvgIpc) is 2.45. The molecule has 0 saturated carbocycles. The fraction of sp³-hybridized carbons (Fsp3) is 0.286. The molecule has 0 saturated heterocycles. The average molecular weight is 243 g/mol. The molecule has 2 aromatic heterocycles. The maximum Gasteiger partial charge on any atom is 0.122 e. The SMILES string of the molecule is NCc1cc(OCCCc2ccncc2)ccn1.